The number of nitrogens with one attached hydrogen (secondary N) is 1. The standard InChI is InChI=1S/C20H23N3O3S/c24-20(15-6-7-15)22-17-8-10-18(11-9-17)27(25,26)23-13-2-1-5-19(23)16-4-3-12-21-14-16/h3-4,8-12,14-15,19H,1-2,5-7,13H2,(H,22,24). The van der Waals surface area contributed by atoms with E-state index < -0.39 is 10.0 Å². The molecule has 2 aromatic rings. The summed E-state index contributed by atoms with van der Waals surface area (Å²) in [5.41, 5.74) is 1.56. The molecule has 1 aliphatic carbocycles. The van der Waals surface area contributed by atoms with Crippen molar-refractivity contribution < 1.29 is 13.2 Å². The molecule has 1 aromatic carbocycles. The number of rotatable bonds is 5. The monoisotopic (exact) mass is 385 g/mol. The van der Waals surface area contributed by atoms with Crippen LogP contribution in [-0.2, 0) is 14.8 Å². The second-order valence-corrected chi connectivity index (χ2v) is 9.09. The van der Waals surface area contributed by atoms with Crippen molar-refractivity contribution in [3.05, 3.63) is 54.4 Å². The summed E-state index contributed by atoms with van der Waals surface area (Å²) in [5, 5.41) is 2.84. The Balaban J connectivity index is 1.56. The second kappa shape index (κ2) is 7.40. The Bertz CT molecular complexity index is 909. The number of aromatic nitrogens is 1. The Morgan fingerprint density at radius 1 is 1.07 bits per heavy atom. The van der Waals surface area contributed by atoms with Gasteiger partial charge in [-0.25, -0.2) is 8.42 Å². The van der Waals surface area contributed by atoms with Crippen LogP contribution in [0.1, 0.15) is 43.7 Å². The summed E-state index contributed by atoms with van der Waals surface area (Å²) < 4.78 is 28.1. The molecule has 7 heteroatoms. The van der Waals surface area contributed by atoms with Crippen LogP contribution < -0.4 is 5.32 Å². The average Bonchev–Trinajstić information content (AvgIpc) is 3.54. The van der Waals surface area contributed by atoms with Crippen LogP contribution in [0.4, 0.5) is 5.69 Å². The van der Waals surface area contributed by atoms with Crippen LogP contribution >= 0.6 is 0 Å². The van der Waals surface area contributed by atoms with Crippen LogP contribution in [0.2, 0.25) is 0 Å². The number of nitrogens with zero attached hydrogens (tertiary/aromatic N) is 2. The molecule has 142 valence electrons. The summed E-state index contributed by atoms with van der Waals surface area (Å²) in [6.45, 7) is 0.502. The maximum Gasteiger partial charge on any atom is 0.243 e. The summed E-state index contributed by atoms with van der Waals surface area (Å²) in [5.74, 6) is 0.125. The first-order valence-corrected chi connectivity index (χ1v) is 10.8. The number of pyridine rings is 1. The quantitative estimate of drug-likeness (QED) is 0.856. The van der Waals surface area contributed by atoms with Crippen molar-refractivity contribution in [1.29, 1.82) is 0 Å². The maximum atomic E-state index is 13.2. The summed E-state index contributed by atoms with van der Waals surface area (Å²) in [6, 6.07) is 10.1. The van der Waals surface area contributed by atoms with Crippen LogP contribution in [0.15, 0.2) is 53.7 Å². The molecule has 6 nitrogen and oxygen atoms in total. The van der Waals surface area contributed by atoms with Gasteiger partial charge in [0.05, 0.1) is 10.9 Å². The third-order valence-corrected chi connectivity index (χ3v) is 7.12. The summed E-state index contributed by atoms with van der Waals surface area (Å²) >= 11 is 0. The van der Waals surface area contributed by atoms with Gasteiger partial charge >= 0.3 is 0 Å². The summed E-state index contributed by atoms with van der Waals surface area (Å²) in [7, 11) is -3.62. The molecule has 0 spiro atoms. The zero-order valence-corrected chi connectivity index (χ0v) is 15.9. The first kappa shape index (κ1) is 18.1. The van der Waals surface area contributed by atoms with Crippen molar-refractivity contribution >= 4 is 21.6 Å². The highest BCUT2D eigenvalue weighted by molar-refractivity contribution is 7.89. The van der Waals surface area contributed by atoms with E-state index >= 15 is 0 Å². The molecule has 1 N–H and O–H groups in total. The van der Waals surface area contributed by atoms with E-state index in [1.54, 1.807) is 41.0 Å². The van der Waals surface area contributed by atoms with Crippen LogP contribution in [0.3, 0.4) is 0 Å². The van der Waals surface area contributed by atoms with Gasteiger partial charge in [-0.3, -0.25) is 9.78 Å². The Hall–Kier alpha value is -2.25. The van der Waals surface area contributed by atoms with Crippen molar-refractivity contribution in [2.24, 2.45) is 5.92 Å². The van der Waals surface area contributed by atoms with E-state index in [1.165, 1.54) is 0 Å². The Morgan fingerprint density at radius 3 is 2.52 bits per heavy atom. The summed E-state index contributed by atoms with van der Waals surface area (Å²) in [4.78, 5) is 16.3. The SMILES string of the molecule is O=C(Nc1ccc(S(=O)(=O)N2CCCCC2c2cccnc2)cc1)C1CC1. The number of anilines is 1. The molecule has 2 aliphatic rings. The van der Waals surface area contributed by atoms with Crippen molar-refractivity contribution in [1.82, 2.24) is 9.29 Å². The smallest absolute Gasteiger partial charge is 0.243 e. The van der Waals surface area contributed by atoms with E-state index in [0.717, 1.165) is 37.7 Å². The van der Waals surface area contributed by atoms with Crippen molar-refractivity contribution in [3.63, 3.8) is 0 Å². The highest BCUT2D eigenvalue weighted by atomic mass is 32.2. The number of amides is 1. The molecule has 2 fully saturated rings. The number of carbonyl (C=O) groups is 1. The topological polar surface area (TPSA) is 79.4 Å². The zero-order valence-electron chi connectivity index (χ0n) is 15.0. The number of sulfonamides is 1. The van der Waals surface area contributed by atoms with E-state index in [1.807, 2.05) is 12.1 Å². The molecule has 1 aromatic heterocycles. The summed E-state index contributed by atoms with van der Waals surface area (Å²) in [6.07, 6.45) is 7.95. The fourth-order valence-electron chi connectivity index (χ4n) is 3.53. The lowest BCUT2D eigenvalue weighted by molar-refractivity contribution is -0.117. The number of benzene rings is 1. The van der Waals surface area contributed by atoms with Crippen LogP contribution in [0.25, 0.3) is 0 Å². The van der Waals surface area contributed by atoms with Crippen molar-refractivity contribution in [3.8, 4) is 0 Å². The van der Waals surface area contributed by atoms with Gasteiger partial charge in [0, 0.05) is 30.5 Å². The normalized spacial score (nSPS) is 21.0. The van der Waals surface area contributed by atoms with Gasteiger partial charge < -0.3 is 5.32 Å². The van der Waals surface area contributed by atoms with Gasteiger partial charge in [0.25, 0.3) is 0 Å². The number of piperidine rings is 1. The van der Waals surface area contributed by atoms with Gasteiger partial charge in [-0.1, -0.05) is 12.5 Å². The van der Waals surface area contributed by atoms with Crippen LogP contribution in [-0.4, -0.2) is 30.2 Å². The molecule has 1 atom stereocenters. The predicted molar refractivity (Wildman–Crippen MR) is 103 cm³/mol. The lowest BCUT2D eigenvalue weighted by Gasteiger charge is -2.34. The first-order chi connectivity index (χ1) is 13.1. The van der Waals surface area contributed by atoms with Gasteiger partial charge in [-0.15, -0.1) is 0 Å². The highest BCUT2D eigenvalue weighted by Crippen LogP contribution is 2.35. The maximum absolute atomic E-state index is 13.2. The third-order valence-electron chi connectivity index (χ3n) is 5.20. The lowest BCUT2D eigenvalue weighted by atomic mass is 9.99. The molecule has 1 amide bonds. The van der Waals surface area contributed by atoms with Gasteiger partial charge in [0.15, 0.2) is 0 Å². The molecule has 27 heavy (non-hydrogen) atoms. The van der Waals surface area contributed by atoms with Crippen molar-refractivity contribution in [2.45, 2.75) is 43.0 Å². The minimum absolute atomic E-state index is 0.0123. The van der Waals surface area contributed by atoms with Crippen LogP contribution in [0.5, 0.6) is 0 Å². The number of hydrogen-bond acceptors (Lipinski definition) is 4. The van der Waals surface area contributed by atoms with E-state index in [-0.39, 0.29) is 22.8 Å². The minimum Gasteiger partial charge on any atom is -0.326 e. The van der Waals surface area contributed by atoms with E-state index in [2.05, 4.69) is 10.3 Å². The molecule has 0 bridgehead atoms. The third kappa shape index (κ3) is 3.89. The molecular formula is C20H23N3O3S. The Morgan fingerprint density at radius 2 is 1.85 bits per heavy atom. The molecular weight excluding hydrogens is 362 g/mol. The van der Waals surface area contributed by atoms with Crippen LogP contribution in [0, 0.1) is 5.92 Å². The van der Waals surface area contributed by atoms with Gasteiger partial charge in [0.1, 0.15) is 0 Å². The molecule has 2 heterocycles. The van der Waals surface area contributed by atoms with Gasteiger partial charge in [0.2, 0.25) is 15.9 Å². The number of hydrogen-bond donors (Lipinski definition) is 1. The lowest BCUT2D eigenvalue weighted by Crippen LogP contribution is -2.38. The van der Waals surface area contributed by atoms with E-state index in [9.17, 15) is 13.2 Å². The fourth-order valence-corrected chi connectivity index (χ4v) is 5.22. The first-order valence-electron chi connectivity index (χ1n) is 9.38. The van der Waals surface area contributed by atoms with E-state index in [4.69, 9.17) is 0 Å². The van der Waals surface area contributed by atoms with E-state index in [0.29, 0.717) is 12.2 Å². The second-order valence-electron chi connectivity index (χ2n) is 7.20. The van der Waals surface area contributed by atoms with Crippen molar-refractivity contribution in [2.75, 3.05) is 11.9 Å². The number of carbonyl (C=O) groups excluding carboxylic acids is 1. The Labute approximate surface area is 159 Å². The largest absolute Gasteiger partial charge is 0.326 e. The minimum atomic E-state index is -3.62. The molecule has 1 unspecified atom stereocenters. The highest BCUT2D eigenvalue weighted by Gasteiger charge is 2.34. The van der Waals surface area contributed by atoms with Gasteiger partial charge in [-0.2, -0.15) is 4.31 Å². The molecule has 1 saturated heterocycles. The fraction of sp³-hybridized carbons (Fsp3) is 0.400. The molecule has 4 rings (SSSR count). The molecule has 1 saturated carbocycles. The zero-order chi connectivity index (χ0) is 18.9. The molecule has 1 aliphatic heterocycles. The predicted octanol–water partition coefficient (Wildman–Crippen LogP) is 3.35. The molecule has 0 radical (unpaired) electrons. The van der Waals surface area contributed by atoms with Gasteiger partial charge in [-0.05, 0) is 61.6 Å². The average molecular weight is 385 g/mol. The Kier molecular flexibility index (Phi) is 4.97.